The Kier molecular flexibility index (Phi) is 5.53. The van der Waals surface area contributed by atoms with Crippen LogP contribution in [0.1, 0.15) is 38.8 Å². The summed E-state index contributed by atoms with van der Waals surface area (Å²) in [6, 6.07) is 20.5. The van der Waals surface area contributed by atoms with Gasteiger partial charge in [0.2, 0.25) is 0 Å². The second-order valence-electron chi connectivity index (χ2n) is 9.24. The molecule has 2 nitrogen and oxygen atoms in total. The number of hydrogen-bond donors (Lipinski definition) is 0. The van der Waals surface area contributed by atoms with Crippen LogP contribution < -0.4 is 5.46 Å². The van der Waals surface area contributed by atoms with E-state index in [1.54, 1.807) is 0 Å². The van der Waals surface area contributed by atoms with Gasteiger partial charge in [-0.1, -0.05) is 85.0 Å². The molecule has 1 aliphatic heterocycles. The van der Waals surface area contributed by atoms with Gasteiger partial charge < -0.3 is 9.31 Å². The third-order valence-corrected chi connectivity index (χ3v) is 8.08. The molecule has 142 valence electrons. The molecule has 0 aliphatic carbocycles. The van der Waals surface area contributed by atoms with Crippen LogP contribution in [0.15, 0.2) is 60.3 Å². The Morgan fingerprint density at radius 3 is 1.96 bits per heavy atom. The summed E-state index contributed by atoms with van der Waals surface area (Å²) in [6.45, 7) is 13.2. The molecule has 0 aromatic heterocycles. The Balaban J connectivity index is 1.66. The highest BCUT2D eigenvalue weighted by Crippen LogP contribution is 2.36. The van der Waals surface area contributed by atoms with Crippen LogP contribution in [0.4, 0.5) is 0 Å². The van der Waals surface area contributed by atoms with Crippen molar-refractivity contribution in [3.05, 3.63) is 71.4 Å². The molecule has 1 saturated heterocycles. The van der Waals surface area contributed by atoms with Crippen molar-refractivity contribution in [2.45, 2.75) is 58.0 Å². The van der Waals surface area contributed by atoms with Gasteiger partial charge in [-0.2, -0.15) is 0 Å². The van der Waals surface area contributed by atoms with Crippen molar-refractivity contribution in [3.63, 3.8) is 0 Å². The lowest BCUT2D eigenvalue weighted by molar-refractivity contribution is 0.00578. The first kappa shape index (κ1) is 20.1. The van der Waals surface area contributed by atoms with Crippen molar-refractivity contribution in [3.8, 4) is 0 Å². The molecule has 0 amide bonds. The van der Waals surface area contributed by atoms with E-state index in [1.807, 2.05) is 0 Å². The average molecular weight is 378 g/mol. The maximum atomic E-state index is 6.14. The largest absolute Gasteiger partial charge is 0.494 e. The van der Waals surface area contributed by atoms with Crippen molar-refractivity contribution in [1.29, 1.82) is 0 Å². The van der Waals surface area contributed by atoms with E-state index in [4.69, 9.17) is 9.31 Å². The standard InChI is InChI=1S/C23H31BO2Si/c1-22(2)23(3,4)26-24(25-22)21-14-12-19(13-15-21)16-17-27(5,6)18-20-10-8-7-9-11-20/h7-17H,18H2,1-6H3/b17-16+. The highest BCUT2D eigenvalue weighted by atomic mass is 28.3. The Hall–Kier alpha value is -1.62. The van der Waals surface area contributed by atoms with Gasteiger partial charge in [0.05, 0.1) is 19.3 Å². The summed E-state index contributed by atoms with van der Waals surface area (Å²) in [5, 5.41) is 0. The second kappa shape index (κ2) is 7.42. The fraction of sp³-hybridized carbons (Fsp3) is 0.391. The van der Waals surface area contributed by atoms with E-state index in [1.165, 1.54) is 11.1 Å². The van der Waals surface area contributed by atoms with Gasteiger partial charge in [-0.3, -0.25) is 0 Å². The Morgan fingerprint density at radius 1 is 0.852 bits per heavy atom. The molecular formula is C23H31BO2Si. The molecule has 1 heterocycles. The quantitative estimate of drug-likeness (QED) is 0.680. The van der Waals surface area contributed by atoms with Gasteiger partial charge in [0.15, 0.2) is 0 Å². The van der Waals surface area contributed by atoms with Gasteiger partial charge in [0, 0.05) is 0 Å². The molecule has 27 heavy (non-hydrogen) atoms. The highest BCUT2D eigenvalue weighted by Gasteiger charge is 2.51. The van der Waals surface area contributed by atoms with E-state index in [0.29, 0.717) is 0 Å². The van der Waals surface area contributed by atoms with Crippen LogP contribution in [-0.4, -0.2) is 26.4 Å². The van der Waals surface area contributed by atoms with Gasteiger partial charge in [0.1, 0.15) is 0 Å². The third-order valence-electron chi connectivity index (χ3n) is 5.69. The summed E-state index contributed by atoms with van der Waals surface area (Å²) in [7, 11) is -1.73. The molecule has 0 saturated carbocycles. The second-order valence-corrected chi connectivity index (χ2v) is 13.9. The molecule has 0 radical (unpaired) electrons. The molecule has 0 unspecified atom stereocenters. The summed E-state index contributed by atoms with van der Waals surface area (Å²) < 4.78 is 12.3. The summed E-state index contributed by atoms with van der Waals surface area (Å²) in [6.07, 6.45) is 2.27. The number of hydrogen-bond acceptors (Lipinski definition) is 2. The maximum absolute atomic E-state index is 6.14. The summed E-state index contributed by atoms with van der Waals surface area (Å²) in [5.74, 6) is 0. The zero-order valence-corrected chi connectivity index (χ0v) is 18.5. The predicted molar refractivity (Wildman–Crippen MR) is 119 cm³/mol. The molecule has 0 N–H and O–H groups in total. The van der Waals surface area contributed by atoms with Crippen molar-refractivity contribution in [2.75, 3.05) is 0 Å². The lowest BCUT2D eigenvalue weighted by Crippen LogP contribution is -2.41. The van der Waals surface area contributed by atoms with E-state index in [2.05, 4.69) is 107 Å². The number of benzene rings is 2. The minimum Gasteiger partial charge on any atom is -0.399 e. The van der Waals surface area contributed by atoms with Crippen LogP contribution in [0.3, 0.4) is 0 Å². The van der Waals surface area contributed by atoms with E-state index in [-0.39, 0.29) is 18.3 Å². The van der Waals surface area contributed by atoms with E-state index < -0.39 is 8.07 Å². The third kappa shape index (κ3) is 4.81. The van der Waals surface area contributed by atoms with Crippen LogP contribution in [0, 0.1) is 0 Å². The monoisotopic (exact) mass is 378 g/mol. The predicted octanol–water partition coefficient (Wildman–Crippen LogP) is 5.03. The fourth-order valence-electron chi connectivity index (χ4n) is 3.25. The highest BCUT2D eigenvalue weighted by molar-refractivity contribution is 6.82. The van der Waals surface area contributed by atoms with Gasteiger partial charge >= 0.3 is 7.12 Å². The minimum atomic E-state index is -1.43. The minimum absolute atomic E-state index is 0.295. The van der Waals surface area contributed by atoms with E-state index in [9.17, 15) is 0 Å². The molecular weight excluding hydrogens is 347 g/mol. The Morgan fingerprint density at radius 2 is 1.41 bits per heavy atom. The molecule has 1 aliphatic rings. The topological polar surface area (TPSA) is 18.5 Å². The molecule has 0 atom stereocenters. The van der Waals surface area contributed by atoms with Crippen molar-refractivity contribution in [2.24, 2.45) is 0 Å². The summed E-state index contributed by atoms with van der Waals surface area (Å²) in [4.78, 5) is 0. The maximum Gasteiger partial charge on any atom is 0.494 e. The first-order valence-electron chi connectivity index (χ1n) is 9.77. The van der Waals surface area contributed by atoms with Crippen molar-refractivity contribution >= 4 is 26.7 Å². The molecule has 1 fully saturated rings. The van der Waals surface area contributed by atoms with Gasteiger partial charge in [-0.05, 0) is 44.8 Å². The molecule has 0 spiro atoms. The molecule has 3 rings (SSSR count). The van der Waals surface area contributed by atoms with Gasteiger partial charge in [-0.25, -0.2) is 0 Å². The molecule has 2 aromatic rings. The lowest BCUT2D eigenvalue weighted by Gasteiger charge is -2.32. The van der Waals surface area contributed by atoms with E-state index >= 15 is 0 Å². The molecule has 4 heteroatoms. The Bertz CT molecular complexity index is 779. The first-order valence-corrected chi connectivity index (χ1v) is 13.1. The average Bonchev–Trinajstić information content (AvgIpc) is 2.82. The zero-order chi connectivity index (χ0) is 19.7. The van der Waals surface area contributed by atoms with Gasteiger partial charge in [-0.15, -0.1) is 0 Å². The smallest absolute Gasteiger partial charge is 0.399 e. The van der Waals surface area contributed by atoms with Crippen molar-refractivity contribution < 1.29 is 9.31 Å². The zero-order valence-electron chi connectivity index (χ0n) is 17.5. The normalized spacial score (nSPS) is 19.0. The summed E-state index contributed by atoms with van der Waals surface area (Å²) in [5.41, 5.74) is 5.56. The van der Waals surface area contributed by atoms with Crippen LogP contribution >= 0.6 is 0 Å². The van der Waals surface area contributed by atoms with Crippen LogP contribution in [0.2, 0.25) is 13.1 Å². The van der Waals surface area contributed by atoms with Crippen molar-refractivity contribution in [1.82, 2.24) is 0 Å². The fourth-order valence-corrected chi connectivity index (χ4v) is 5.30. The number of rotatable bonds is 5. The summed E-state index contributed by atoms with van der Waals surface area (Å²) >= 11 is 0. The molecule has 2 aromatic carbocycles. The SMILES string of the molecule is CC1(C)OB(c2ccc(/C=C/[Si](C)(C)Cc3ccccc3)cc2)OC1(C)C. The first-order chi connectivity index (χ1) is 12.6. The van der Waals surface area contributed by atoms with Crippen LogP contribution in [0.25, 0.3) is 6.08 Å². The Labute approximate surface area is 165 Å². The van der Waals surface area contributed by atoms with Gasteiger partial charge in [0.25, 0.3) is 0 Å². The van der Waals surface area contributed by atoms with E-state index in [0.717, 1.165) is 11.5 Å². The van der Waals surface area contributed by atoms with Crippen LogP contribution in [-0.2, 0) is 15.4 Å². The molecule has 0 bridgehead atoms. The van der Waals surface area contributed by atoms with Crippen LogP contribution in [0.5, 0.6) is 0 Å². The lowest BCUT2D eigenvalue weighted by atomic mass is 9.79.